The van der Waals surface area contributed by atoms with Gasteiger partial charge < -0.3 is 9.73 Å². The zero-order valence-electron chi connectivity index (χ0n) is 10.2. The van der Waals surface area contributed by atoms with E-state index in [4.69, 9.17) is 4.42 Å². The predicted octanol–water partition coefficient (Wildman–Crippen LogP) is 4.27. The van der Waals surface area contributed by atoms with Gasteiger partial charge in [-0.2, -0.15) is 0 Å². The maximum absolute atomic E-state index is 5.58. The minimum Gasteiger partial charge on any atom is -0.453 e. The van der Waals surface area contributed by atoms with E-state index in [2.05, 4.69) is 42.0 Å². The van der Waals surface area contributed by atoms with E-state index in [1.165, 1.54) is 19.3 Å². The van der Waals surface area contributed by atoms with Gasteiger partial charge >= 0.3 is 0 Å². The van der Waals surface area contributed by atoms with Crippen molar-refractivity contribution in [3.8, 4) is 0 Å². The minimum absolute atomic E-state index is 0.286. The van der Waals surface area contributed by atoms with Gasteiger partial charge in [-0.25, -0.2) is 0 Å². The quantitative estimate of drug-likeness (QED) is 0.897. The summed E-state index contributed by atoms with van der Waals surface area (Å²) in [5.41, 5.74) is 0.415. The third-order valence-electron chi connectivity index (χ3n) is 3.73. The zero-order chi connectivity index (χ0) is 11.8. The molecule has 0 amide bonds. The Balaban J connectivity index is 1.99. The van der Waals surface area contributed by atoms with Crippen molar-refractivity contribution in [2.75, 3.05) is 0 Å². The lowest BCUT2D eigenvalue weighted by Gasteiger charge is -2.30. The van der Waals surface area contributed by atoms with Gasteiger partial charge in [0.15, 0.2) is 4.67 Å². The SMILES string of the molecule is CC(NC1CCCC1(C)C)c1ccc(Br)o1. The van der Waals surface area contributed by atoms with Crippen LogP contribution >= 0.6 is 15.9 Å². The van der Waals surface area contributed by atoms with Gasteiger partial charge in [-0.1, -0.05) is 20.3 Å². The molecule has 90 valence electrons. The van der Waals surface area contributed by atoms with E-state index in [9.17, 15) is 0 Å². The molecule has 2 rings (SSSR count). The Morgan fingerprint density at radius 1 is 1.50 bits per heavy atom. The Hall–Kier alpha value is -0.280. The fraction of sp³-hybridized carbons (Fsp3) is 0.692. The molecule has 0 aromatic carbocycles. The molecule has 1 aromatic rings. The summed E-state index contributed by atoms with van der Waals surface area (Å²) in [6.07, 6.45) is 3.93. The first-order chi connectivity index (χ1) is 7.49. The van der Waals surface area contributed by atoms with Crippen LogP contribution in [0.15, 0.2) is 21.2 Å². The average Bonchev–Trinajstić information content (AvgIpc) is 2.74. The summed E-state index contributed by atoms with van der Waals surface area (Å²) >= 11 is 3.34. The number of furan rings is 1. The normalized spacial score (nSPS) is 25.9. The topological polar surface area (TPSA) is 25.2 Å². The van der Waals surface area contributed by atoms with E-state index >= 15 is 0 Å². The highest BCUT2D eigenvalue weighted by Crippen LogP contribution is 2.38. The highest BCUT2D eigenvalue weighted by atomic mass is 79.9. The van der Waals surface area contributed by atoms with E-state index in [-0.39, 0.29) is 6.04 Å². The lowest BCUT2D eigenvalue weighted by atomic mass is 9.87. The van der Waals surface area contributed by atoms with Gasteiger partial charge in [0.05, 0.1) is 6.04 Å². The number of nitrogens with one attached hydrogen (secondary N) is 1. The number of rotatable bonds is 3. The van der Waals surface area contributed by atoms with Crippen LogP contribution in [0.5, 0.6) is 0 Å². The third kappa shape index (κ3) is 2.51. The predicted molar refractivity (Wildman–Crippen MR) is 69.4 cm³/mol. The van der Waals surface area contributed by atoms with Crippen molar-refractivity contribution >= 4 is 15.9 Å². The van der Waals surface area contributed by atoms with Crippen molar-refractivity contribution in [3.63, 3.8) is 0 Å². The van der Waals surface area contributed by atoms with Crippen LogP contribution in [0.3, 0.4) is 0 Å². The second kappa shape index (κ2) is 4.53. The molecular weight excluding hydrogens is 266 g/mol. The van der Waals surface area contributed by atoms with Gasteiger partial charge in [0, 0.05) is 6.04 Å². The van der Waals surface area contributed by atoms with E-state index in [0.29, 0.717) is 11.5 Å². The number of hydrogen-bond acceptors (Lipinski definition) is 2. The van der Waals surface area contributed by atoms with E-state index in [0.717, 1.165) is 10.4 Å². The standard InChI is InChI=1S/C13H20BrNO/c1-9(10-6-7-12(14)16-10)15-11-5-4-8-13(11,2)3/h6-7,9,11,15H,4-5,8H2,1-3H3. The highest BCUT2D eigenvalue weighted by molar-refractivity contribution is 9.10. The monoisotopic (exact) mass is 285 g/mol. The van der Waals surface area contributed by atoms with Crippen LogP contribution in [0.25, 0.3) is 0 Å². The molecule has 1 aliphatic carbocycles. The molecule has 1 fully saturated rings. The molecule has 1 aromatic heterocycles. The molecule has 0 aliphatic heterocycles. The Morgan fingerprint density at radius 2 is 2.25 bits per heavy atom. The summed E-state index contributed by atoms with van der Waals surface area (Å²) in [6, 6.07) is 4.87. The van der Waals surface area contributed by atoms with E-state index < -0.39 is 0 Å². The lowest BCUT2D eigenvalue weighted by molar-refractivity contribution is 0.255. The van der Waals surface area contributed by atoms with Crippen LogP contribution in [0.2, 0.25) is 0 Å². The molecule has 2 atom stereocenters. The summed E-state index contributed by atoms with van der Waals surface area (Å²) in [7, 11) is 0. The van der Waals surface area contributed by atoms with E-state index in [1.807, 2.05) is 12.1 Å². The third-order valence-corrected chi connectivity index (χ3v) is 4.16. The molecule has 0 bridgehead atoms. The van der Waals surface area contributed by atoms with Crippen molar-refractivity contribution in [1.82, 2.24) is 5.32 Å². The molecular formula is C13H20BrNO. The number of hydrogen-bond donors (Lipinski definition) is 1. The van der Waals surface area contributed by atoms with Crippen molar-refractivity contribution in [2.45, 2.75) is 52.1 Å². The Labute approximate surface area is 106 Å². The van der Waals surface area contributed by atoms with Gasteiger partial charge in [0.2, 0.25) is 0 Å². The average molecular weight is 286 g/mol. The fourth-order valence-corrected chi connectivity index (χ4v) is 2.90. The van der Waals surface area contributed by atoms with Crippen LogP contribution in [-0.2, 0) is 0 Å². The summed E-state index contributed by atoms with van der Waals surface area (Å²) < 4.78 is 6.39. The van der Waals surface area contributed by atoms with Crippen molar-refractivity contribution < 1.29 is 4.42 Å². The molecule has 1 aliphatic rings. The molecule has 16 heavy (non-hydrogen) atoms. The second-order valence-electron chi connectivity index (χ2n) is 5.46. The minimum atomic E-state index is 0.286. The molecule has 2 nitrogen and oxygen atoms in total. The summed E-state index contributed by atoms with van der Waals surface area (Å²) in [4.78, 5) is 0. The van der Waals surface area contributed by atoms with Crippen molar-refractivity contribution in [2.24, 2.45) is 5.41 Å². The summed E-state index contributed by atoms with van der Waals surface area (Å²) in [6.45, 7) is 6.87. The molecule has 3 heteroatoms. The van der Waals surface area contributed by atoms with Gasteiger partial charge in [-0.3, -0.25) is 0 Å². The number of halogens is 1. The van der Waals surface area contributed by atoms with Gasteiger partial charge in [-0.05, 0) is 53.2 Å². The molecule has 1 N–H and O–H groups in total. The smallest absolute Gasteiger partial charge is 0.169 e. The highest BCUT2D eigenvalue weighted by Gasteiger charge is 2.35. The fourth-order valence-electron chi connectivity index (χ4n) is 2.58. The molecule has 1 heterocycles. The first-order valence-corrected chi connectivity index (χ1v) is 6.79. The first-order valence-electron chi connectivity index (χ1n) is 6.00. The van der Waals surface area contributed by atoms with Crippen molar-refractivity contribution in [3.05, 3.63) is 22.6 Å². The van der Waals surface area contributed by atoms with Crippen LogP contribution in [0.1, 0.15) is 51.8 Å². The molecule has 0 radical (unpaired) electrons. The maximum atomic E-state index is 5.58. The Bertz CT molecular complexity index is 359. The molecule has 2 unspecified atom stereocenters. The largest absolute Gasteiger partial charge is 0.453 e. The maximum Gasteiger partial charge on any atom is 0.169 e. The second-order valence-corrected chi connectivity index (χ2v) is 6.25. The van der Waals surface area contributed by atoms with Gasteiger partial charge in [0.1, 0.15) is 5.76 Å². The molecule has 0 saturated heterocycles. The van der Waals surface area contributed by atoms with E-state index in [1.54, 1.807) is 0 Å². The summed E-state index contributed by atoms with van der Waals surface area (Å²) in [5.74, 6) is 1.01. The van der Waals surface area contributed by atoms with Crippen LogP contribution < -0.4 is 5.32 Å². The van der Waals surface area contributed by atoms with Crippen molar-refractivity contribution in [1.29, 1.82) is 0 Å². The lowest BCUT2D eigenvalue weighted by Crippen LogP contribution is -2.39. The van der Waals surface area contributed by atoms with Gasteiger partial charge in [-0.15, -0.1) is 0 Å². The Kier molecular flexibility index (Phi) is 3.45. The molecule has 0 spiro atoms. The zero-order valence-corrected chi connectivity index (χ0v) is 11.8. The van der Waals surface area contributed by atoms with Crippen LogP contribution in [0, 0.1) is 5.41 Å². The van der Waals surface area contributed by atoms with Gasteiger partial charge in [0.25, 0.3) is 0 Å². The summed E-state index contributed by atoms with van der Waals surface area (Å²) in [5, 5.41) is 3.68. The van der Waals surface area contributed by atoms with Crippen LogP contribution in [0.4, 0.5) is 0 Å². The first kappa shape index (κ1) is 12.2. The Morgan fingerprint density at radius 3 is 2.75 bits per heavy atom. The molecule has 1 saturated carbocycles. The van der Waals surface area contributed by atoms with Crippen LogP contribution in [-0.4, -0.2) is 6.04 Å².